The Morgan fingerprint density at radius 3 is 2.56 bits per heavy atom. The van der Waals surface area contributed by atoms with Gasteiger partial charge < -0.3 is 10.2 Å². The van der Waals surface area contributed by atoms with E-state index in [2.05, 4.69) is 10.4 Å². The lowest BCUT2D eigenvalue weighted by Crippen LogP contribution is -2.36. The van der Waals surface area contributed by atoms with Crippen molar-refractivity contribution in [2.24, 2.45) is 5.10 Å². The fraction of sp³-hybridized carbons (Fsp3) is 0.286. The van der Waals surface area contributed by atoms with Crippen molar-refractivity contribution in [2.75, 3.05) is 29.3 Å². The number of carbonyl (C=O) groups is 2. The molecule has 0 aliphatic carbocycles. The molecule has 0 unspecified atom stereocenters. The second kappa shape index (κ2) is 7.61. The first-order chi connectivity index (χ1) is 12.8. The Hall–Kier alpha value is -3.15. The molecule has 0 bridgehead atoms. The molecule has 140 valence electrons. The average molecular weight is 364 g/mol. The Bertz CT molecular complexity index is 918. The van der Waals surface area contributed by atoms with Crippen molar-refractivity contribution in [3.05, 3.63) is 53.6 Å². The molecular formula is C21H24N4O2. The topological polar surface area (TPSA) is 65.0 Å². The number of amides is 2. The predicted molar refractivity (Wildman–Crippen MR) is 109 cm³/mol. The SMILES string of the molecule is Cc1cccc(N2N=C(C(=O)Nc3ccc(N(C)C)cc3C)CCC2=O)c1. The molecule has 6 nitrogen and oxygen atoms in total. The monoisotopic (exact) mass is 364 g/mol. The maximum absolute atomic E-state index is 12.7. The summed E-state index contributed by atoms with van der Waals surface area (Å²) in [6.07, 6.45) is 0.598. The van der Waals surface area contributed by atoms with Crippen molar-refractivity contribution in [1.82, 2.24) is 0 Å². The highest BCUT2D eigenvalue weighted by molar-refractivity contribution is 6.44. The van der Waals surface area contributed by atoms with E-state index in [1.807, 2.05) is 75.3 Å². The van der Waals surface area contributed by atoms with Crippen LogP contribution < -0.4 is 15.2 Å². The van der Waals surface area contributed by atoms with E-state index < -0.39 is 0 Å². The van der Waals surface area contributed by atoms with Crippen LogP contribution >= 0.6 is 0 Å². The molecule has 2 aromatic rings. The molecular weight excluding hydrogens is 340 g/mol. The van der Waals surface area contributed by atoms with Gasteiger partial charge in [-0.25, -0.2) is 5.01 Å². The van der Waals surface area contributed by atoms with E-state index >= 15 is 0 Å². The van der Waals surface area contributed by atoms with Gasteiger partial charge in [0, 0.05) is 38.3 Å². The lowest BCUT2D eigenvalue weighted by molar-refractivity contribution is -0.118. The molecule has 0 saturated heterocycles. The molecule has 0 atom stereocenters. The second-order valence-corrected chi connectivity index (χ2v) is 6.94. The molecule has 0 aromatic heterocycles. The van der Waals surface area contributed by atoms with Gasteiger partial charge in [-0.05, 0) is 55.3 Å². The number of anilines is 3. The molecule has 0 fully saturated rings. The average Bonchev–Trinajstić information content (AvgIpc) is 2.63. The van der Waals surface area contributed by atoms with E-state index in [0.717, 1.165) is 22.5 Å². The Morgan fingerprint density at radius 1 is 1.11 bits per heavy atom. The fourth-order valence-electron chi connectivity index (χ4n) is 2.94. The van der Waals surface area contributed by atoms with Gasteiger partial charge in [0.1, 0.15) is 5.71 Å². The second-order valence-electron chi connectivity index (χ2n) is 6.94. The zero-order valence-electron chi connectivity index (χ0n) is 16.1. The number of nitrogens with zero attached hydrogens (tertiary/aromatic N) is 3. The van der Waals surface area contributed by atoms with Gasteiger partial charge in [-0.3, -0.25) is 9.59 Å². The van der Waals surface area contributed by atoms with Crippen LogP contribution in [0.15, 0.2) is 47.6 Å². The summed E-state index contributed by atoms with van der Waals surface area (Å²) in [5, 5.41) is 8.57. The lowest BCUT2D eigenvalue weighted by atomic mass is 10.1. The van der Waals surface area contributed by atoms with Crippen molar-refractivity contribution in [2.45, 2.75) is 26.7 Å². The molecule has 0 saturated carbocycles. The number of rotatable bonds is 4. The summed E-state index contributed by atoms with van der Waals surface area (Å²) in [4.78, 5) is 27.0. The summed E-state index contributed by atoms with van der Waals surface area (Å²) in [6.45, 7) is 3.91. The smallest absolute Gasteiger partial charge is 0.271 e. The van der Waals surface area contributed by atoms with Crippen LogP contribution in [0.2, 0.25) is 0 Å². The van der Waals surface area contributed by atoms with Crippen LogP contribution in [0, 0.1) is 13.8 Å². The maximum atomic E-state index is 12.7. The van der Waals surface area contributed by atoms with Crippen LogP contribution in [0.5, 0.6) is 0 Å². The minimum atomic E-state index is -0.277. The summed E-state index contributed by atoms with van der Waals surface area (Å²) in [7, 11) is 3.95. The van der Waals surface area contributed by atoms with E-state index in [-0.39, 0.29) is 18.2 Å². The highest BCUT2D eigenvalue weighted by atomic mass is 16.2. The minimum absolute atomic E-state index is 0.108. The third-order valence-electron chi connectivity index (χ3n) is 4.52. The van der Waals surface area contributed by atoms with Gasteiger partial charge in [0.15, 0.2) is 0 Å². The Balaban J connectivity index is 1.82. The third kappa shape index (κ3) is 4.16. The van der Waals surface area contributed by atoms with Crippen molar-refractivity contribution in [1.29, 1.82) is 0 Å². The molecule has 0 spiro atoms. The van der Waals surface area contributed by atoms with Crippen molar-refractivity contribution in [3.8, 4) is 0 Å². The largest absolute Gasteiger partial charge is 0.378 e. The number of carbonyl (C=O) groups excluding carboxylic acids is 2. The van der Waals surface area contributed by atoms with Crippen LogP contribution in [0.4, 0.5) is 17.1 Å². The Labute approximate surface area is 159 Å². The molecule has 1 heterocycles. The molecule has 6 heteroatoms. The van der Waals surface area contributed by atoms with Gasteiger partial charge in [0.2, 0.25) is 5.91 Å². The molecule has 27 heavy (non-hydrogen) atoms. The van der Waals surface area contributed by atoms with Gasteiger partial charge >= 0.3 is 0 Å². The summed E-state index contributed by atoms with van der Waals surface area (Å²) in [5.41, 5.74) is 4.84. The van der Waals surface area contributed by atoms with E-state index in [4.69, 9.17) is 0 Å². The minimum Gasteiger partial charge on any atom is -0.378 e. The number of aryl methyl sites for hydroxylation is 2. The van der Waals surface area contributed by atoms with E-state index in [0.29, 0.717) is 17.8 Å². The summed E-state index contributed by atoms with van der Waals surface area (Å²) in [6, 6.07) is 13.4. The summed E-state index contributed by atoms with van der Waals surface area (Å²) in [5.74, 6) is -0.385. The number of hydrogen-bond acceptors (Lipinski definition) is 4. The first kappa shape index (κ1) is 18.6. The van der Waals surface area contributed by atoms with E-state index in [1.165, 1.54) is 5.01 Å². The Kier molecular flexibility index (Phi) is 5.26. The van der Waals surface area contributed by atoms with Gasteiger partial charge in [-0.2, -0.15) is 5.10 Å². The first-order valence-electron chi connectivity index (χ1n) is 8.91. The van der Waals surface area contributed by atoms with E-state index in [1.54, 1.807) is 0 Å². The molecule has 1 N–H and O–H groups in total. The standard InChI is InChI=1S/C21H24N4O2/c1-14-6-5-7-17(12-14)25-20(26)11-10-19(23-25)21(27)22-18-9-8-16(24(3)4)13-15(18)2/h5-9,12-13H,10-11H2,1-4H3,(H,22,27). The third-order valence-corrected chi connectivity index (χ3v) is 4.52. The van der Waals surface area contributed by atoms with Crippen LogP contribution in [0.25, 0.3) is 0 Å². The highest BCUT2D eigenvalue weighted by Gasteiger charge is 2.26. The zero-order valence-corrected chi connectivity index (χ0v) is 16.1. The number of benzene rings is 2. The number of hydrogen-bond donors (Lipinski definition) is 1. The molecule has 0 radical (unpaired) electrons. The van der Waals surface area contributed by atoms with Crippen molar-refractivity contribution < 1.29 is 9.59 Å². The molecule has 1 aliphatic heterocycles. The molecule has 2 amide bonds. The molecule has 2 aromatic carbocycles. The van der Waals surface area contributed by atoms with Crippen LogP contribution in [-0.4, -0.2) is 31.6 Å². The van der Waals surface area contributed by atoms with Crippen molar-refractivity contribution in [3.63, 3.8) is 0 Å². The summed E-state index contributed by atoms with van der Waals surface area (Å²) < 4.78 is 0. The van der Waals surface area contributed by atoms with E-state index in [9.17, 15) is 9.59 Å². The normalized spacial score (nSPS) is 14.0. The lowest BCUT2D eigenvalue weighted by Gasteiger charge is -2.23. The zero-order chi connectivity index (χ0) is 19.6. The number of nitrogens with one attached hydrogen (secondary N) is 1. The maximum Gasteiger partial charge on any atom is 0.271 e. The van der Waals surface area contributed by atoms with Gasteiger partial charge in [0.25, 0.3) is 5.91 Å². The van der Waals surface area contributed by atoms with Crippen molar-refractivity contribution >= 4 is 34.6 Å². The molecule has 3 rings (SSSR count). The quantitative estimate of drug-likeness (QED) is 0.903. The highest BCUT2D eigenvalue weighted by Crippen LogP contribution is 2.24. The van der Waals surface area contributed by atoms with Crippen LogP contribution in [0.1, 0.15) is 24.0 Å². The Morgan fingerprint density at radius 2 is 1.89 bits per heavy atom. The molecule has 1 aliphatic rings. The first-order valence-corrected chi connectivity index (χ1v) is 8.91. The van der Waals surface area contributed by atoms with Gasteiger partial charge in [0.05, 0.1) is 5.69 Å². The number of hydrazone groups is 1. The predicted octanol–water partition coefficient (Wildman–Crippen LogP) is 3.49. The summed E-state index contributed by atoms with van der Waals surface area (Å²) >= 11 is 0. The van der Waals surface area contributed by atoms with Gasteiger partial charge in [-0.1, -0.05) is 12.1 Å². The van der Waals surface area contributed by atoms with Crippen LogP contribution in [0.3, 0.4) is 0 Å². The van der Waals surface area contributed by atoms with Gasteiger partial charge in [-0.15, -0.1) is 0 Å². The van der Waals surface area contributed by atoms with Crippen LogP contribution in [-0.2, 0) is 9.59 Å². The fourth-order valence-corrected chi connectivity index (χ4v) is 2.94.